The summed E-state index contributed by atoms with van der Waals surface area (Å²) in [5.74, 6) is 0. The van der Waals surface area contributed by atoms with Crippen LogP contribution in [0.3, 0.4) is 0 Å². The minimum atomic E-state index is 0.377. The summed E-state index contributed by atoms with van der Waals surface area (Å²) in [5, 5.41) is 3.38. The van der Waals surface area contributed by atoms with Gasteiger partial charge in [-0.05, 0) is 42.8 Å². The molecular weight excluding hydrogens is 388 g/mol. The van der Waals surface area contributed by atoms with E-state index >= 15 is 0 Å². The van der Waals surface area contributed by atoms with Crippen LogP contribution in [0, 0.1) is 6.92 Å². The van der Waals surface area contributed by atoms with Crippen molar-refractivity contribution in [2.45, 2.75) is 6.92 Å². The Bertz CT molecular complexity index is 641. The lowest BCUT2D eigenvalue weighted by Crippen LogP contribution is -2.12. The van der Waals surface area contributed by atoms with Crippen LogP contribution in [0.15, 0.2) is 45.3 Å². The quantitative estimate of drug-likeness (QED) is 0.721. The van der Waals surface area contributed by atoms with Crippen LogP contribution < -0.4 is 11.1 Å². The Morgan fingerprint density at radius 2 is 1.89 bits per heavy atom. The number of hydrogen-bond donors (Lipinski definition) is 2. The highest BCUT2D eigenvalue weighted by molar-refractivity contribution is 9.10. The molecule has 0 radical (unpaired) electrons. The third kappa shape index (κ3) is 3.35. The van der Waals surface area contributed by atoms with Gasteiger partial charge in [0, 0.05) is 25.9 Å². The smallest absolute Gasteiger partial charge is 0.106 e. The fraction of sp³-hybridized carbons (Fsp3) is 0.0714. The van der Waals surface area contributed by atoms with Crippen LogP contribution in [0.2, 0.25) is 0 Å². The minimum absolute atomic E-state index is 0.377. The summed E-state index contributed by atoms with van der Waals surface area (Å²) in [6, 6.07) is 11.8. The molecule has 0 unspecified atom stereocenters. The predicted molar refractivity (Wildman–Crippen MR) is 92.2 cm³/mol. The Labute approximate surface area is 134 Å². The van der Waals surface area contributed by atoms with Crippen LogP contribution in [0.1, 0.15) is 11.1 Å². The molecule has 0 aliphatic heterocycles. The highest BCUT2D eigenvalue weighted by Crippen LogP contribution is 2.29. The van der Waals surface area contributed by atoms with Gasteiger partial charge in [-0.2, -0.15) is 0 Å². The van der Waals surface area contributed by atoms with Crippen LogP contribution in [-0.4, -0.2) is 4.99 Å². The number of benzene rings is 2. The zero-order chi connectivity index (χ0) is 14.0. The van der Waals surface area contributed by atoms with E-state index in [2.05, 4.69) is 37.2 Å². The summed E-state index contributed by atoms with van der Waals surface area (Å²) in [4.78, 5) is 0.377. The average molecular weight is 400 g/mol. The number of nitrogens with two attached hydrogens (primary N) is 1. The van der Waals surface area contributed by atoms with Gasteiger partial charge in [0.2, 0.25) is 0 Å². The van der Waals surface area contributed by atoms with Crippen LogP contribution >= 0.6 is 44.1 Å². The molecule has 0 bridgehead atoms. The maximum atomic E-state index is 5.75. The third-order valence-corrected chi connectivity index (χ3v) is 4.36. The van der Waals surface area contributed by atoms with Crippen LogP contribution in [0.25, 0.3) is 0 Å². The van der Waals surface area contributed by atoms with E-state index in [1.165, 1.54) is 0 Å². The lowest BCUT2D eigenvalue weighted by Gasteiger charge is -2.14. The molecule has 0 saturated carbocycles. The number of thiocarbonyl (C=S) groups is 1. The molecule has 3 N–H and O–H groups in total. The van der Waals surface area contributed by atoms with Crippen LogP contribution in [0.5, 0.6) is 0 Å². The van der Waals surface area contributed by atoms with E-state index in [1.54, 1.807) is 0 Å². The Morgan fingerprint density at radius 1 is 1.16 bits per heavy atom. The van der Waals surface area contributed by atoms with E-state index in [-0.39, 0.29) is 0 Å². The summed E-state index contributed by atoms with van der Waals surface area (Å²) >= 11 is 12.1. The number of hydrogen-bond acceptors (Lipinski definition) is 2. The van der Waals surface area contributed by atoms with E-state index < -0.39 is 0 Å². The van der Waals surface area contributed by atoms with Crippen molar-refractivity contribution in [1.82, 2.24) is 0 Å². The van der Waals surface area contributed by atoms with Gasteiger partial charge in [0.25, 0.3) is 0 Å². The van der Waals surface area contributed by atoms with E-state index in [9.17, 15) is 0 Å². The van der Waals surface area contributed by atoms with Crippen molar-refractivity contribution in [3.63, 3.8) is 0 Å². The highest BCUT2D eigenvalue weighted by atomic mass is 79.9. The van der Waals surface area contributed by atoms with Crippen LogP contribution in [-0.2, 0) is 0 Å². The summed E-state index contributed by atoms with van der Waals surface area (Å²) in [7, 11) is 0. The van der Waals surface area contributed by atoms with Crippen LogP contribution in [0.4, 0.5) is 11.4 Å². The van der Waals surface area contributed by atoms with Crippen molar-refractivity contribution in [3.8, 4) is 0 Å². The molecule has 98 valence electrons. The van der Waals surface area contributed by atoms with E-state index in [0.717, 1.165) is 31.4 Å². The molecule has 0 atom stereocenters. The lowest BCUT2D eigenvalue weighted by atomic mass is 10.1. The van der Waals surface area contributed by atoms with Crippen molar-refractivity contribution in [2.75, 3.05) is 5.32 Å². The normalized spacial score (nSPS) is 10.3. The fourth-order valence-electron chi connectivity index (χ4n) is 1.72. The summed E-state index contributed by atoms with van der Waals surface area (Å²) in [5.41, 5.74) is 9.63. The molecule has 2 aromatic rings. The fourth-order valence-corrected chi connectivity index (χ4v) is 2.63. The number of halogens is 2. The molecule has 0 heterocycles. The van der Waals surface area contributed by atoms with Gasteiger partial charge < -0.3 is 11.1 Å². The van der Waals surface area contributed by atoms with Gasteiger partial charge in [-0.15, -0.1) is 0 Å². The molecule has 0 aliphatic carbocycles. The first-order chi connectivity index (χ1) is 8.99. The van der Waals surface area contributed by atoms with E-state index in [0.29, 0.717) is 4.99 Å². The molecule has 0 aromatic heterocycles. The summed E-state index contributed by atoms with van der Waals surface area (Å²) < 4.78 is 2.03. The SMILES string of the molecule is Cc1c(Br)cccc1Nc1cc(Br)ccc1C(N)=S. The molecule has 0 aliphatic rings. The summed E-state index contributed by atoms with van der Waals surface area (Å²) in [6.45, 7) is 2.05. The molecule has 0 saturated heterocycles. The second kappa shape index (κ2) is 6.03. The van der Waals surface area contributed by atoms with Gasteiger partial charge in [0.1, 0.15) is 4.99 Å². The van der Waals surface area contributed by atoms with E-state index in [4.69, 9.17) is 18.0 Å². The predicted octanol–water partition coefficient (Wildman–Crippen LogP) is 4.90. The highest BCUT2D eigenvalue weighted by Gasteiger charge is 2.08. The molecule has 2 rings (SSSR count). The molecule has 0 fully saturated rings. The molecule has 0 spiro atoms. The zero-order valence-corrected chi connectivity index (χ0v) is 14.2. The Hall–Kier alpha value is -0.910. The van der Waals surface area contributed by atoms with Crippen molar-refractivity contribution in [1.29, 1.82) is 0 Å². The third-order valence-electron chi connectivity index (χ3n) is 2.78. The second-order valence-electron chi connectivity index (χ2n) is 4.09. The van der Waals surface area contributed by atoms with Crippen molar-refractivity contribution >= 4 is 60.4 Å². The van der Waals surface area contributed by atoms with Gasteiger partial charge in [-0.25, -0.2) is 0 Å². The van der Waals surface area contributed by atoms with Crippen molar-refractivity contribution in [3.05, 3.63) is 56.5 Å². The Kier molecular flexibility index (Phi) is 4.60. The summed E-state index contributed by atoms with van der Waals surface area (Å²) in [6.07, 6.45) is 0. The van der Waals surface area contributed by atoms with Gasteiger partial charge in [0.15, 0.2) is 0 Å². The largest absolute Gasteiger partial charge is 0.389 e. The first-order valence-corrected chi connectivity index (χ1v) is 7.60. The topological polar surface area (TPSA) is 38.0 Å². The minimum Gasteiger partial charge on any atom is -0.389 e. The Morgan fingerprint density at radius 3 is 2.58 bits per heavy atom. The average Bonchev–Trinajstić information content (AvgIpc) is 2.35. The monoisotopic (exact) mass is 398 g/mol. The number of rotatable bonds is 3. The second-order valence-corrected chi connectivity index (χ2v) is 6.30. The lowest BCUT2D eigenvalue weighted by molar-refractivity contribution is 1.39. The maximum absolute atomic E-state index is 5.75. The molecule has 2 nitrogen and oxygen atoms in total. The van der Waals surface area contributed by atoms with Gasteiger partial charge >= 0.3 is 0 Å². The molecule has 5 heteroatoms. The first-order valence-electron chi connectivity index (χ1n) is 5.60. The Balaban J connectivity index is 2.45. The number of anilines is 2. The van der Waals surface area contributed by atoms with Gasteiger partial charge in [-0.3, -0.25) is 0 Å². The maximum Gasteiger partial charge on any atom is 0.106 e. The molecule has 2 aromatic carbocycles. The standard InChI is InChI=1S/C14H12Br2N2S/c1-8-11(16)3-2-4-12(8)18-13-7-9(15)5-6-10(13)14(17)19/h2-7,18H,1H3,(H2,17,19). The van der Waals surface area contributed by atoms with Crippen molar-refractivity contribution in [2.24, 2.45) is 5.73 Å². The molecule has 0 amide bonds. The first kappa shape index (κ1) is 14.5. The van der Waals surface area contributed by atoms with Gasteiger partial charge in [0.05, 0.1) is 0 Å². The molecule has 19 heavy (non-hydrogen) atoms. The zero-order valence-electron chi connectivity index (χ0n) is 10.2. The van der Waals surface area contributed by atoms with Gasteiger partial charge in [-0.1, -0.05) is 50.1 Å². The van der Waals surface area contributed by atoms with E-state index in [1.807, 2.05) is 43.3 Å². The number of nitrogens with one attached hydrogen (secondary N) is 1. The molecular formula is C14H12Br2N2S. The van der Waals surface area contributed by atoms with Crippen molar-refractivity contribution < 1.29 is 0 Å².